The van der Waals surface area contributed by atoms with Crippen molar-refractivity contribution in [3.8, 4) is 0 Å². The van der Waals surface area contributed by atoms with E-state index >= 15 is 0 Å². The van der Waals surface area contributed by atoms with Crippen LogP contribution in [0.1, 0.15) is 45.7 Å². The van der Waals surface area contributed by atoms with Crippen LogP contribution in [-0.2, 0) is 9.31 Å². The van der Waals surface area contributed by atoms with Gasteiger partial charge in [-0.3, -0.25) is 0 Å². The van der Waals surface area contributed by atoms with Crippen molar-refractivity contribution in [2.45, 2.75) is 45.8 Å². The van der Waals surface area contributed by atoms with Gasteiger partial charge in [0.15, 0.2) is 0 Å². The topological polar surface area (TPSA) is 31.6 Å². The molecule has 0 radical (unpaired) electrons. The molecule has 0 amide bonds. The molecule has 0 aliphatic carbocycles. The highest BCUT2D eigenvalue weighted by Crippen LogP contribution is 2.41. The smallest absolute Gasteiger partial charge is 0.455 e. The molecule has 0 bridgehead atoms. The Kier molecular flexibility index (Phi) is 4.44. The van der Waals surface area contributed by atoms with Gasteiger partial charge in [-0.15, -0.1) is 0 Å². The molecule has 3 nitrogen and oxygen atoms in total. The van der Waals surface area contributed by atoms with E-state index in [0.29, 0.717) is 0 Å². The average molecular weight is 410 g/mol. The number of benzene rings is 3. The molecule has 1 aliphatic rings. The van der Waals surface area contributed by atoms with Crippen LogP contribution < -0.4 is 5.46 Å². The Morgan fingerprint density at radius 2 is 1.55 bits per heavy atom. The summed E-state index contributed by atoms with van der Waals surface area (Å²) >= 11 is 0. The average Bonchev–Trinajstić information content (AvgIpc) is 3.22. The Hall–Kier alpha value is -2.82. The Morgan fingerprint density at radius 1 is 0.871 bits per heavy atom. The van der Waals surface area contributed by atoms with E-state index in [4.69, 9.17) is 13.7 Å². The van der Waals surface area contributed by atoms with Crippen LogP contribution in [0.4, 0.5) is 0 Å². The first-order valence-corrected chi connectivity index (χ1v) is 10.8. The maximum absolute atomic E-state index is 6.46. The van der Waals surface area contributed by atoms with Crippen molar-refractivity contribution >= 4 is 57.4 Å². The minimum Gasteiger partial charge on any atom is -0.455 e. The van der Waals surface area contributed by atoms with Gasteiger partial charge in [0.05, 0.1) is 11.2 Å². The fourth-order valence-electron chi connectivity index (χ4n) is 4.45. The molecular formula is C27H27BO3. The van der Waals surface area contributed by atoms with E-state index in [2.05, 4.69) is 88.9 Å². The molecular weight excluding hydrogens is 383 g/mol. The molecule has 5 rings (SSSR count). The van der Waals surface area contributed by atoms with Gasteiger partial charge >= 0.3 is 7.12 Å². The highest BCUT2D eigenvalue weighted by Gasteiger charge is 2.51. The fourth-order valence-corrected chi connectivity index (χ4v) is 4.45. The monoisotopic (exact) mass is 410 g/mol. The minimum absolute atomic E-state index is 0.381. The van der Waals surface area contributed by atoms with Crippen molar-refractivity contribution in [3.63, 3.8) is 0 Å². The number of rotatable bonds is 3. The first-order valence-electron chi connectivity index (χ1n) is 10.8. The molecule has 0 N–H and O–H groups in total. The van der Waals surface area contributed by atoms with Gasteiger partial charge in [-0.1, -0.05) is 61.2 Å². The van der Waals surface area contributed by atoms with Crippen LogP contribution in [0.25, 0.3) is 44.9 Å². The second-order valence-corrected chi connectivity index (χ2v) is 9.23. The van der Waals surface area contributed by atoms with Crippen LogP contribution in [0, 0.1) is 0 Å². The third-order valence-electron chi connectivity index (χ3n) is 6.80. The van der Waals surface area contributed by atoms with Crippen LogP contribution >= 0.6 is 0 Å². The van der Waals surface area contributed by atoms with E-state index in [-0.39, 0.29) is 11.2 Å². The predicted octanol–water partition coefficient (Wildman–Crippen LogP) is 6.71. The molecule has 1 aromatic heterocycles. The van der Waals surface area contributed by atoms with Gasteiger partial charge < -0.3 is 13.7 Å². The molecule has 3 aromatic carbocycles. The molecule has 0 saturated carbocycles. The largest absolute Gasteiger partial charge is 0.494 e. The molecule has 0 spiro atoms. The second kappa shape index (κ2) is 6.84. The maximum Gasteiger partial charge on any atom is 0.494 e. The van der Waals surface area contributed by atoms with Crippen molar-refractivity contribution in [3.05, 3.63) is 66.2 Å². The SMILES string of the molecule is C=Cc1c(/C=C\C)c2ccccc2c2oc3cc(B4OC(C)(C)C(C)(C)O4)ccc3c12. The summed E-state index contributed by atoms with van der Waals surface area (Å²) in [6.45, 7) is 14.4. The lowest BCUT2D eigenvalue weighted by Crippen LogP contribution is -2.41. The zero-order chi connectivity index (χ0) is 22.0. The molecule has 1 fully saturated rings. The van der Waals surface area contributed by atoms with Gasteiger partial charge in [0, 0.05) is 16.2 Å². The highest BCUT2D eigenvalue weighted by molar-refractivity contribution is 6.62. The van der Waals surface area contributed by atoms with E-state index < -0.39 is 7.12 Å². The fraction of sp³-hybridized carbons (Fsp3) is 0.259. The molecule has 2 heterocycles. The lowest BCUT2D eigenvalue weighted by molar-refractivity contribution is 0.00578. The number of furan rings is 1. The van der Waals surface area contributed by atoms with Gasteiger partial charge in [-0.2, -0.15) is 0 Å². The molecule has 1 aliphatic heterocycles. The summed E-state index contributed by atoms with van der Waals surface area (Å²) in [4.78, 5) is 0. The first-order chi connectivity index (χ1) is 14.8. The lowest BCUT2D eigenvalue weighted by atomic mass is 9.79. The minimum atomic E-state index is -0.420. The van der Waals surface area contributed by atoms with Crippen LogP contribution in [0.2, 0.25) is 0 Å². The van der Waals surface area contributed by atoms with Crippen molar-refractivity contribution in [1.29, 1.82) is 0 Å². The number of fused-ring (bicyclic) bond motifs is 5. The van der Waals surface area contributed by atoms with Gasteiger partial charge in [0.2, 0.25) is 0 Å². The zero-order valence-corrected chi connectivity index (χ0v) is 18.8. The van der Waals surface area contributed by atoms with Gasteiger partial charge in [0.25, 0.3) is 0 Å². The Morgan fingerprint density at radius 3 is 2.19 bits per heavy atom. The van der Waals surface area contributed by atoms with Crippen molar-refractivity contribution in [2.75, 3.05) is 0 Å². The van der Waals surface area contributed by atoms with Crippen molar-refractivity contribution < 1.29 is 13.7 Å². The quantitative estimate of drug-likeness (QED) is 0.352. The summed E-state index contributed by atoms with van der Waals surface area (Å²) in [6, 6.07) is 14.6. The van der Waals surface area contributed by atoms with Gasteiger partial charge in [-0.25, -0.2) is 0 Å². The van der Waals surface area contributed by atoms with Gasteiger partial charge in [0.1, 0.15) is 11.2 Å². The van der Waals surface area contributed by atoms with Crippen LogP contribution in [0.3, 0.4) is 0 Å². The van der Waals surface area contributed by atoms with E-state index in [1.165, 1.54) is 5.56 Å². The van der Waals surface area contributed by atoms with Crippen molar-refractivity contribution in [1.82, 2.24) is 0 Å². The normalized spacial score (nSPS) is 18.0. The lowest BCUT2D eigenvalue weighted by Gasteiger charge is -2.32. The summed E-state index contributed by atoms with van der Waals surface area (Å²) in [5.41, 5.74) is 4.17. The van der Waals surface area contributed by atoms with E-state index in [0.717, 1.165) is 43.7 Å². The Bertz CT molecular complexity index is 1360. The van der Waals surface area contributed by atoms with Crippen LogP contribution in [-0.4, -0.2) is 18.3 Å². The van der Waals surface area contributed by atoms with Crippen LogP contribution in [0.5, 0.6) is 0 Å². The standard InChI is InChI=1S/C27H27BO3/c1-7-11-19-18(8-2)24-22-15-14-17(28-30-26(3,4)27(5,6)31-28)16-23(22)29-25(24)21-13-10-9-12-20(19)21/h7-16H,2H2,1,3-6H3/b11-7-. The Labute approximate surface area is 183 Å². The summed E-state index contributed by atoms with van der Waals surface area (Å²) < 4.78 is 19.0. The van der Waals surface area contributed by atoms with Crippen LogP contribution in [0.15, 0.2) is 59.5 Å². The summed E-state index contributed by atoms with van der Waals surface area (Å²) in [6.07, 6.45) is 6.15. The van der Waals surface area contributed by atoms with Crippen molar-refractivity contribution in [2.24, 2.45) is 0 Å². The number of hydrogen-bond acceptors (Lipinski definition) is 3. The highest BCUT2D eigenvalue weighted by atomic mass is 16.7. The Balaban J connectivity index is 1.78. The second-order valence-electron chi connectivity index (χ2n) is 9.23. The molecule has 0 atom stereocenters. The first kappa shape index (κ1) is 20.1. The third kappa shape index (κ3) is 2.89. The summed E-state index contributed by atoms with van der Waals surface area (Å²) in [5.74, 6) is 0. The molecule has 156 valence electrons. The van der Waals surface area contributed by atoms with E-state index in [1.807, 2.05) is 13.0 Å². The molecule has 31 heavy (non-hydrogen) atoms. The molecule has 0 unspecified atom stereocenters. The zero-order valence-electron chi connectivity index (χ0n) is 18.8. The number of hydrogen-bond donors (Lipinski definition) is 0. The molecule has 4 heteroatoms. The molecule has 1 saturated heterocycles. The maximum atomic E-state index is 6.46. The summed E-state index contributed by atoms with van der Waals surface area (Å²) in [7, 11) is -0.420. The molecule has 4 aromatic rings. The van der Waals surface area contributed by atoms with E-state index in [1.54, 1.807) is 0 Å². The summed E-state index contributed by atoms with van der Waals surface area (Å²) in [5, 5.41) is 4.43. The number of allylic oxidation sites excluding steroid dienone is 1. The van der Waals surface area contributed by atoms with Gasteiger partial charge in [-0.05, 0) is 62.7 Å². The third-order valence-corrected chi connectivity index (χ3v) is 6.80. The predicted molar refractivity (Wildman–Crippen MR) is 132 cm³/mol. The van der Waals surface area contributed by atoms with E-state index in [9.17, 15) is 0 Å².